The summed E-state index contributed by atoms with van der Waals surface area (Å²) >= 11 is 0. The molecule has 1 radical (unpaired) electrons. The molecule has 20 heteroatoms. The number of ether oxygens (including phenoxy) is 4. The average molecular weight is 966 g/mol. The average Bonchev–Trinajstić information content (AvgIpc) is 3.64. The van der Waals surface area contributed by atoms with Gasteiger partial charge in [0.15, 0.2) is 12.6 Å². The maximum Gasteiger partial charge on any atom is 0.242 e. The van der Waals surface area contributed by atoms with E-state index in [1.807, 2.05) is 0 Å². The van der Waals surface area contributed by atoms with Crippen molar-refractivity contribution in [3.8, 4) is 0 Å². The summed E-state index contributed by atoms with van der Waals surface area (Å²) in [5, 5.41) is 77.6. The van der Waals surface area contributed by atoms with E-state index in [9.17, 15) is 54.9 Å². The van der Waals surface area contributed by atoms with Crippen LogP contribution in [0, 0.1) is 17.8 Å². The molecule has 0 saturated carbocycles. The maximum absolute atomic E-state index is 13.3. The Balaban J connectivity index is 0.0000132. The summed E-state index contributed by atoms with van der Waals surface area (Å²) < 4.78 is 22.6. The number of likely N-dealkylation sites (tertiary alicyclic amines) is 1. The van der Waals surface area contributed by atoms with Crippen LogP contribution in [0.3, 0.4) is 0 Å². The topological polar surface area (TPSA) is 286 Å². The fourth-order valence-electron chi connectivity index (χ4n) is 8.01. The normalized spacial score (nSPS) is 30.3. The van der Waals surface area contributed by atoms with Crippen LogP contribution in [-0.2, 0) is 70.8 Å². The minimum Gasteiger partial charge on any atom is -0.394 e. The molecular formula is C42H76N4O15Y. The molecule has 3 saturated heterocycles. The van der Waals surface area contributed by atoms with Crippen LogP contribution in [0.2, 0.25) is 0 Å². The van der Waals surface area contributed by atoms with E-state index >= 15 is 0 Å². The van der Waals surface area contributed by atoms with Gasteiger partial charge in [0.2, 0.25) is 23.6 Å². The van der Waals surface area contributed by atoms with E-state index in [-0.39, 0.29) is 95.0 Å². The summed E-state index contributed by atoms with van der Waals surface area (Å²) in [6.07, 6.45) is -0.973. The molecule has 357 valence electrons. The predicted octanol–water partition coefficient (Wildman–Crippen LogP) is -0.815. The molecule has 0 aromatic heterocycles. The zero-order chi connectivity index (χ0) is 44.9. The molecule has 10 N–H and O–H groups in total. The number of carbonyl (C=O) groups excluding carboxylic acids is 4. The molecule has 4 amide bonds. The first-order chi connectivity index (χ1) is 29.2. The second-order valence-electron chi connectivity index (χ2n) is 17.1. The van der Waals surface area contributed by atoms with E-state index < -0.39 is 80.3 Å². The van der Waals surface area contributed by atoms with Crippen molar-refractivity contribution in [3.05, 3.63) is 0 Å². The molecule has 3 rings (SSSR count). The molecule has 3 fully saturated rings. The number of nitrogens with one attached hydrogen (secondary N) is 3. The molecule has 3 aliphatic rings. The van der Waals surface area contributed by atoms with Gasteiger partial charge < -0.3 is 75.5 Å². The Kier molecular flexibility index (Phi) is 28.1. The zero-order valence-electron chi connectivity index (χ0n) is 37.0. The van der Waals surface area contributed by atoms with E-state index in [4.69, 9.17) is 18.9 Å². The van der Waals surface area contributed by atoms with E-state index in [2.05, 4.69) is 22.9 Å². The largest absolute Gasteiger partial charge is 0.394 e. The number of hydrogen-bond donors (Lipinski definition) is 10. The first-order valence-electron chi connectivity index (χ1n) is 22.4. The zero-order valence-corrected chi connectivity index (χ0v) is 39.8. The molecule has 10 unspecified atom stereocenters. The van der Waals surface area contributed by atoms with Gasteiger partial charge in [-0.05, 0) is 70.1 Å². The molecule has 0 bridgehead atoms. The molecule has 0 aromatic rings. The molecule has 0 aliphatic carbocycles. The van der Waals surface area contributed by atoms with Gasteiger partial charge in [-0.25, -0.2) is 0 Å². The fraction of sp³-hybridized carbons (Fsp3) is 0.905. The van der Waals surface area contributed by atoms with E-state index in [1.165, 1.54) is 0 Å². The Hall–Kier alpha value is -1.46. The van der Waals surface area contributed by atoms with Crippen LogP contribution in [-0.4, -0.2) is 178 Å². The van der Waals surface area contributed by atoms with Gasteiger partial charge in [0.1, 0.15) is 30.5 Å². The monoisotopic (exact) mass is 965 g/mol. The maximum atomic E-state index is 13.3. The van der Waals surface area contributed by atoms with Gasteiger partial charge in [0.05, 0.1) is 38.1 Å². The second kappa shape index (κ2) is 30.7. The van der Waals surface area contributed by atoms with Gasteiger partial charge in [-0.1, -0.05) is 27.2 Å². The third kappa shape index (κ3) is 18.8. The summed E-state index contributed by atoms with van der Waals surface area (Å²) in [7, 11) is 0. The predicted molar refractivity (Wildman–Crippen MR) is 220 cm³/mol. The van der Waals surface area contributed by atoms with E-state index in [0.29, 0.717) is 89.8 Å². The number of hydrogen-bond acceptors (Lipinski definition) is 15. The number of amides is 4. The first-order valence-corrected chi connectivity index (χ1v) is 22.4. The Labute approximate surface area is 391 Å². The minimum absolute atomic E-state index is 0. The van der Waals surface area contributed by atoms with Crippen molar-refractivity contribution >= 4 is 23.6 Å². The third-order valence-corrected chi connectivity index (χ3v) is 12.0. The van der Waals surface area contributed by atoms with Gasteiger partial charge in [-0.3, -0.25) is 19.2 Å². The molecule has 0 spiro atoms. The van der Waals surface area contributed by atoms with Crippen molar-refractivity contribution in [2.24, 2.45) is 17.8 Å². The minimum atomic E-state index is -1.22. The number of unbranched alkanes of at least 4 members (excludes halogenated alkanes) is 5. The van der Waals surface area contributed by atoms with Crippen LogP contribution in [0.5, 0.6) is 0 Å². The molecule has 62 heavy (non-hydrogen) atoms. The Morgan fingerprint density at radius 1 is 0.645 bits per heavy atom. The Morgan fingerprint density at radius 2 is 1.16 bits per heavy atom. The molecule has 3 heterocycles. The fourth-order valence-corrected chi connectivity index (χ4v) is 8.01. The number of carbonyl (C=O) groups is 4. The smallest absolute Gasteiger partial charge is 0.242 e. The third-order valence-electron chi connectivity index (χ3n) is 12.0. The van der Waals surface area contributed by atoms with Crippen LogP contribution in [0.4, 0.5) is 0 Å². The summed E-state index contributed by atoms with van der Waals surface area (Å²) in [5.74, 6) is -1.37. The van der Waals surface area contributed by atoms with Crippen molar-refractivity contribution in [1.29, 1.82) is 0 Å². The van der Waals surface area contributed by atoms with Crippen LogP contribution < -0.4 is 16.0 Å². The van der Waals surface area contributed by atoms with E-state index in [1.54, 1.807) is 18.7 Å². The van der Waals surface area contributed by atoms with Crippen molar-refractivity contribution < 1.29 is 107 Å². The number of nitrogens with zero attached hydrogens (tertiary/aromatic N) is 1. The molecule has 0 aromatic carbocycles. The van der Waals surface area contributed by atoms with Crippen molar-refractivity contribution in [2.75, 3.05) is 52.7 Å². The van der Waals surface area contributed by atoms with Crippen LogP contribution >= 0.6 is 0 Å². The van der Waals surface area contributed by atoms with Gasteiger partial charge in [0, 0.05) is 96.7 Å². The van der Waals surface area contributed by atoms with Crippen LogP contribution in [0.15, 0.2) is 0 Å². The summed E-state index contributed by atoms with van der Waals surface area (Å²) in [5.41, 5.74) is 0. The summed E-state index contributed by atoms with van der Waals surface area (Å²) in [6.45, 7) is 6.39. The van der Waals surface area contributed by atoms with Crippen molar-refractivity contribution in [3.63, 3.8) is 0 Å². The van der Waals surface area contributed by atoms with Crippen LogP contribution in [0.25, 0.3) is 0 Å². The number of aliphatic hydroxyl groups excluding tert-OH is 7. The quantitative estimate of drug-likeness (QED) is 0.0429. The second-order valence-corrected chi connectivity index (χ2v) is 17.1. The van der Waals surface area contributed by atoms with E-state index in [0.717, 1.165) is 12.8 Å². The Bertz CT molecular complexity index is 1300. The molecule has 3 aliphatic heterocycles. The Morgan fingerprint density at radius 3 is 1.71 bits per heavy atom. The van der Waals surface area contributed by atoms with Crippen molar-refractivity contribution in [1.82, 2.24) is 20.9 Å². The van der Waals surface area contributed by atoms with Gasteiger partial charge >= 0.3 is 0 Å². The summed E-state index contributed by atoms with van der Waals surface area (Å²) in [4.78, 5) is 53.2. The van der Waals surface area contributed by atoms with Gasteiger partial charge in [-0.2, -0.15) is 0 Å². The SMILES string of the molecule is CC1C(OCCCCC(=O)NCCCC[C@@H](NC(=O)CCCCOC2OC(CO)C(O)C(O)C2C)C(=O)NCCCCCC(=O)N2C[C@H](C)C[C@H]2CO)OC(CO)C(O)C1O.[Y]. The first kappa shape index (κ1) is 56.7. The molecule has 19 nitrogen and oxygen atoms in total. The van der Waals surface area contributed by atoms with Gasteiger partial charge in [0.25, 0.3) is 0 Å². The van der Waals surface area contributed by atoms with Crippen molar-refractivity contribution in [2.45, 2.75) is 172 Å². The molecular weight excluding hydrogens is 889 g/mol. The van der Waals surface area contributed by atoms with Crippen LogP contribution in [0.1, 0.15) is 111 Å². The summed E-state index contributed by atoms with van der Waals surface area (Å²) in [6, 6.07) is -0.910. The molecule has 13 atom stereocenters. The van der Waals surface area contributed by atoms with Gasteiger partial charge in [-0.15, -0.1) is 0 Å². The number of rotatable bonds is 28. The number of aliphatic hydroxyl groups is 7. The standard InChI is InChI=1S/C42H76N4O15.Y/c1-26-21-29(23-47)46(22-26)35(52)16-5-4-9-18-44-40(57)30(45-34(51)15-8-12-20-59-42-28(3)37(54)39(56)32(25-49)61-42)13-6-10-17-43-33(50)14-7-11-19-58-41-27(2)36(53)38(55)31(24-48)60-41;/h26-32,36-39,41-42,47-49,53-56H,4-25H2,1-3H3,(H,43,50)(H,44,57)(H,45,51);/t26-,27?,28?,29+,30-,31?,32?,36?,37?,38?,39?,41?,42?;/m1./s1.